The van der Waals surface area contributed by atoms with Crippen LogP contribution in [-0.4, -0.2) is 0 Å². The summed E-state index contributed by atoms with van der Waals surface area (Å²) in [6.45, 7) is 9.61. The van der Waals surface area contributed by atoms with Crippen molar-refractivity contribution in [1.29, 1.82) is 0 Å². The van der Waals surface area contributed by atoms with Gasteiger partial charge in [-0.15, -0.1) is 0 Å². The molecule has 0 spiro atoms. The molecule has 1 fully saturated rings. The Morgan fingerprint density at radius 2 is 1.28 bits per heavy atom. The van der Waals surface area contributed by atoms with Gasteiger partial charge in [-0.1, -0.05) is 99.1 Å². The Kier molecular flexibility index (Phi) is 4.24. The van der Waals surface area contributed by atoms with Crippen LogP contribution in [-0.2, 0) is 5.41 Å². The molecule has 3 aromatic rings. The molecule has 2 aliphatic rings. The van der Waals surface area contributed by atoms with E-state index in [0.717, 1.165) is 5.92 Å². The summed E-state index contributed by atoms with van der Waals surface area (Å²) in [4.78, 5) is 0. The Labute approximate surface area is 176 Å². The molecule has 0 amide bonds. The number of hydrogen-bond donors (Lipinski definition) is 0. The third kappa shape index (κ3) is 2.65. The van der Waals surface area contributed by atoms with E-state index in [4.69, 9.17) is 0 Å². The number of rotatable bonds is 2. The van der Waals surface area contributed by atoms with Crippen molar-refractivity contribution in [1.82, 2.24) is 0 Å². The van der Waals surface area contributed by atoms with E-state index < -0.39 is 0 Å². The first kappa shape index (κ1) is 18.7. The van der Waals surface area contributed by atoms with Crippen molar-refractivity contribution < 1.29 is 0 Å². The molecule has 0 nitrogen and oxygen atoms in total. The number of benzene rings is 3. The highest BCUT2D eigenvalue weighted by Gasteiger charge is 2.52. The third-order valence-electron chi connectivity index (χ3n) is 8.17. The molecule has 0 heterocycles. The molecule has 0 aliphatic heterocycles. The fourth-order valence-electron chi connectivity index (χ4n) is 6.22. The molecule has 0 aromatic heterocycles. The second kappa shape index (κ2) is 6.59. The lowest BCUT2D eigenvalue weighted by molar-refractivity contribution is 0.0843. The minimum atomic E-state index is -0.0434. The zero-order chi connectivity index (χ0) is 20.2. The average molecular weight is 381 g/mol. The maximum Gasteiger partial charge on any atom is 0.0491 e. The number of fused-ring (bicyclic) bond motifs is 3. The summed E-state index contributed by atoms with van der Waals surface area (Å²) < 4.78 is 0. The first-order chi connectivity index (χ1) is 13.9. The van der Waals surface area contributed by atoms with Crippen molar-refractivity contribution in [3.8, 4) is 11.1 Å². The van der Waals surface area contributed by atoms with E-state index in [0.29, 0.717) is 11.3 Å². The van der Waals surface area contributed by atoms with Gasteiger partial charge in [0.2, 0.25) is 0 Å². The summed E-state index contributed by atoms with van der Waals surface area (Å²) in [5.41, 5.74) is 9.02. The topological polar surface area (TPSA) is 0 Å². The van der Waals surface area contributed by atoms with Gasteiger partial charge in [-0.25, -0.2) is 0 Å². The molecule has 3 aromatic carbocycles. The zero-order valence-corrected chi connectivity index (χ0v) is 18.2. The van der Waals surface area contributed by atoms with Crippen LogP contribution in [0.1, 0.15) is 62.3 Å². The van der Waals surface area contributed by atoms with Gasteiger partial charge in [-0.2, -0.15) is 0 Å². The first-order valence-corrected chi connectivity index (χ1v) is 11.2. The smallest absolute Gasteiger partial charge is 0.0491 e. The van der Waals surface area contributed by atoms with Crippen molar-refractivity contribution in [3.05, 3.63) is 95.1 Å². The molecule has 0 bridgehead atoms. The molecule has 148 valence electrons. The van der Waals surface area contributed by atoms with Gasteiger partial charge in [0.1, 0.15) is 0 Å². The SMILES string of the molecule is Cc1ccc(C2(C3CCC(C)C(C)(C)C3)c3ccccc3-c3ccccc32)cc1. The second-order valence-electron chi connectivity index (χ2n) is 10.1. The Morgan fingerprint density at radius 3 is 1.83 bits per heavy atom. The van der Waals surface area contributed by atoms with Crippen LogP contribution >= 0.6 is 0 Å². The van der Waals surface area contributed by atoms with Crippen LogP contribution in [0.3, 0.4) is 0 Å². The van der Waals surface area contributed by atoms with Gasteiger partial charge in [0, 0.05) is 5.41 Å². The predicted octanol–water partition coefficient (Wildman–Crippen LogP) is 7.77. The Hall–Kier alpha value is -2.34. The van der Waals surface area contributed by atoms with Crippen LogP contribution < -0.4 is 0 Å². The van der Waals surface area contributed by atoms with E-state index in [2.05, 4.69) is 100 Å². The normalized spacial score (nSPS) is 24.0. The van der Waals surface area contributed by atoms with Crippen LogP contribution in [0.5, 0.6) is 0 Å². The second-order valence-corrected chi connectivity index (χ2v) is 10.1. The van der Waals surface area contributed by atoms with Gasteiger partial charge in [-0.05, 0) is 71.3 Å². The summed E-state index contributed by atoms with van der Waals surface area (Å²) in [6, 6.07) is 27.8. The predicted molar refractivity (Wildman–Crippen MR) is 123 cm³/mol. The van der Waals surface area contributed by atoms with Gasteiger partial charge in [-0.3, -0.25) is 0 Å². The lowest BCUT2D eigenvalue weighted by Gasteiger charge is -2.49. The van der Waals surface area contributed by atoms with E-state index in [1.165, 1.54) is 52.6 Å². The monoisotopic (exact) mass is 380 g/mol. The van der Waals surface area contributed by atoms with Crippen LogP contribution in [0.25, 0.3) is 11.1 Å². The van der Waals surface area contributed by atoms with Crippen molar-refractivity contribution >= 4 is 0 Å². The fourth-order valence-corrected chi connectivity index (χ4v) is 6.22. The number of aryl methyl sites for hydroxylation is 1. The van der Waals surface area contributed by atoms with Crippen molar-refractivity contribution in [2.24, 2.45) is 17.3 Å². The molecule has 0 heteroatoms. The van der Waals surface area contributed by atoms with Crippen LogP contribution in [0.15, 0.2) is 72.8 Å². The van der Waals surface area contributed by atoms with Crippen LogP contribution in [0.2, 0.25) is 0 Å². The molecule has 0 saturated heterocycles. The van der Waals surface area contributed by atoms with E-state index in [-0.39, 0.29) is 5.41 Å². The largest absolute Gasteiger partial charge is 0.0620 e. The van der Waals surface area contributed by atoms with Gasteiger partial charge in [0.25, 0.3) is 0 Å². The van der Waals surface area contributed by atoms with E-state index in [1.54, 1.807) is 0 Å². The molecule has 5 rings (SSSR count). The number of hydrogen-bond acceptors (Lipinski definition) is 0. The lowest BCUT2D eigenvalue weighted by Crippen LogP contribution is -2.43. The summed E-state index contributed by atoms with van der Waals surface area (Å²) in [5.74, 6) is 1.39. The minimum absolute atomic E-state index is 0.0434. The Morgan fingerprint density at radius 1 is 0.724 bits per heavy atom. The van der Waals surface area contributed by atoms with Gasteiger partial charge in [0.05, 0.1) is 0 Å². The van der Waals surface area contributed by atoms with Gasteiger partial charge < -0.3 is 0 Å². The molecule has 0 radical (unpaired) electrons. The lowest BCUT2D eigenvalue weighted by atomic mass is 9.54. The highest BCUT2D eigenvalue weighted by Crippen LogP contribution is 2.61. The molecule has 0 N–H and O–H groups in total. The van der Waals surface area contributed by atoms with Gasteiger partial charge in [0.15, 0.2) is 0 Å². The van der Waals surface area contributed by atoms with E-state index in [1.807, 2.05) is 0 Å². The Balaban J connectivity index is 1.82. The molecular weight excluding hydrogens is 348 g/mol. The molecule has 2 unspecified atom stereocenters. The highest BCUT2D eigenvalue weighted by molar-refractivity contribution is 5.83. The van der Waals surface area contributed by atoms with Gasteiger partial charge >= 0.3 is 0 Å². The van der Waals surface area contributed by atoms with Crippen molar-refractivity contribution in [2.45, 2.75) is 52.4 Å². The third-order valence-corrected chi connectivity index (χ3v) is 8.17. The highest BCUT2D eigenvalue weighted by atomic mass is 14.5. The summed E-state index contributed by atoms with van der Waals surface area (Å²) in [6.07, 6.45) is 3.88. The molecule has 2 atom stereocenters. The Bertz CT molecular complexity index is 992. The van der Waals surface area contributed by atoms with Crippen LogP contribution in [0, 0.1) is 24.2 Å². The standard InChI is InChI=1S/C29H32/c1-20-13-16-22(17-14-20)29(23-18-15-21(2)28(3,4)19-23)26-11-7-5-9-24(26)25-10-6-8-12-27(25)29/h5-14,16-17,21,23H,15,18-19H2,1-4H3. The van der Waals surface area contributed by atoms with Crippen molar-refractivity contribution in [2.75, 3.05) is 0 Å². The van der Waals surface area contributed by atoms with E-state index >= 15 is 0 Å². The zero-order valence-electron chi connectivity index (χ0n) is 18.2. The van der Waals surface area contributed by atoms with E-state index in [9.17, 15) is 0 Å². The fraction of sp³-hybridized carbons (Fsp3) is 0.379. The molecular formula is C29H32. The minimum Gasteiger partial charge on any atom is -0.0620 e. The molecule has 2 aliphatic carbocycles. The van der Waals surface area contributed by atoms with Crippen molar-refractivity contribution in [3.63, 3.8) is 0 Å². The maximum absolute atomic E-state index is 2.49. The summed E-state index contributed by atoms with van der Waals surface area (Å²) in [7, 11) is 0. The average Bonchev–Trinajstić information content (AvgIpc) is 3.02. The molecule has 29 heavy (non-hydrogen) atoms. The summed E-state index contributed by atoms with van der Waals surface area (Å²) >= 11 is 0. The summed E-state index contributed by atoms with van der Waals surface area (Å²) in [5, 5.41) is 0. The van der Waals surface area contributed by atoms with Crippen LogP contribution in [0.4, 0.5) is 0 Å². The molecule has 1 saturated carbocycles. The maximum atomic E-state index is 2.49. The quantitative estimate of drug-likeness (QED) is 0.426. The first-order valence-electron chi connectivity index (χ1n) is 11.2.